The molecule has 3 rings (SSSR count). The van der Waals surface area contributed by atoms with Gasteiger partial charge in [0.15, 0.2) is 0 Å². The van der Waals surface area contributed by atoms with Crippen LogP contribution in [0.1, 0.15) is 44.4 Å². The minimum Gasteiger partial charge on any atom is -0.423 e. The van der Waals surface area contributed by atoms with Gasteiger partial charge in [0.1, 0.15) is 10.8 Å². The molecule has 0 radical (unpaired) electrons. The summed E-state index contributed by atoms with van der Waals surface area (Å²) in [5, 5.41) is 1.08. The van der Waals surface area contributed by atoms with E-state index in [4.69, 9.17) is 4.74 Å². The zero-order valence-corrected chi connectivity index (χ0v) is 17.9. The van der Waals surface area contributed by atoms with Gasteiger partial charge >= 0.3 is 5.97 Å². The van der Waals surface area contributed by atoms with Gasteiger partial charge in [0.25, 0.3) is 0 Å². The number of benzene rings is 2. The van der Waals surface area contributed by atoms with Crippen molar-refractivity contribution in [3.05, 3.63) is 71.8 Å². The number of hydrogen-bond donors (Lipinski definition) is 0. The lowest BCUT2D eigenvalue weighted by Crippen LogP contribution is -2.03. The van der Waals surface area contributed by atoms with Gasteiger partial charge < -0.3 is 4.74 Å². The number of unbranched alkanes of at least 4 members (excludes halogenated alkanes) is 3. The largest absolute Gasteiger partial charge is 0.423 e. The molecular weight excluding hydrogens is 378 g/mol. The van der Waals surface area contributed by atoms with Gasteiger partial charge in [0.05, 0.1) is 0 Å². The van der Waals surface area contributed by atoms with Gasteiger partial charge in [-0.1, -0.05) is 68.7 Å². The summed E-state index contributed by atoms with van der Waals surface area (Å²) in [5.74, 6) is 0.181. The fourth-order valence-electron chi connectivity index (χ4n) is 3.09. The van der Waals surface area contributed by atoms with Crippen LogP contribution in [0.2, 0.25) is 0 Å². The van der Waals surface area contributed by atoms with Gasteiger partial charge in [-0.2, -0.15) is 0 Å². The summed E-state index contributed by atoms with van der Waals surface area (Å²) in [5.41, 5.74) is 3.35. The quantitative estimate of drug-likeness (QED) is 0.165. The van der Waals surface area contributed by atoms with E-state index in [0.29, 0.717) is 5.75 Å². The summed E-state index contributed by atoms with van der Waals surface area (Å²) in [4.78, 5) is 17.5. The first-order valence-electron chi connectivity index (χ1n) is 10.2. The van der Waals surface area contributed by atoms with Crippen molar-refractivity contribution in [1.29, 1.82) is 0 Å². The Morgan fingerprint density at radius 2 is 1.62 bits per heavy atom. The van der Waals surface area contributed by atoms with E-state index in [9.17, 15) is 4.79 Å². The number of aromatic nitrogens is 1. The van der Waals surface area contributed by atoms with Crippen molar-refractivity contribution >= 4 is 17.3 Å². The fourth-order valence-corrected chi connectivity index (χ4v) is 4.05. The summed E-state index contributed by atoms with van der Waals surface area (Å²) in [6, 6.07) is 16.0. The van der Waals surface area contributed by atoms with Gasteiger partial charge in [-0.3, -0.25) is 0 Å². The topological polar surface area (TPSA) is 39.2 Å². The third kappa shape index (κ3) is 6.13. The molecule has 0 N–H and O–H groups in total. The second-order valence-corrected chi connectivity index (χ2v) is 8.08. The van der Waals surface area contributed by atoms with E-state index in [0.717, 1.165) is 28.1 Å². The zero-order chi connectivity index (χ0) is 20.5. The van der Waals surface area contributed by atoms with E-state index < -0.39 is 0 Å². The normalized spacial score (nSPS) is 11.1. The molecule has 0 spiro atoms. The molecule has 150 valence electrons. The number of carbonyl (C=O) groups is 1. The third-order valence-electron chi connectivity index (χ3n) is 4.67. The average molecular weight is 406 g/mol. The van der Waals surface area contributed by atoms with E-state index >= 15 is 0 Å². The van der Waals surface area contributed by atoms with E-state index in [2.05, 4.69) is 36.2 Å². The number of esters is 1. The lowest BCUT2D eigenvalue weighted by molar-refractivity contribution is -0.129. The van der Waals surface area contributed by atoms with Gasteiger partial charge in [-0.25, -0.2) is 9.78 Å². The van der Waals surface area contributed by atoms with Crippen molar-refractivity contribution in [3.63, 3.8) is 0 Å². The highest BCUT2D eigenvalue weighted by Gasteiger charge is 2.06. The molecule has 0 aliphatic carbocycles. The Kier molecular flexibility index (Phi) is 7.77. The molecule has 0 saturated carbocycles. The molecule has 1 heterocycles. The molecule has 0 saturated heterocycles. The Hall–Kier alpha value is -2.72. The molecule has 0 bridgehead atoms. The van der Waals surface area contributed by atoms with Crippen molar-refractivity contribution in [2.24, 2.45) is 0 Å². The van der Waals surface area contributed by atoms with Gasteiger partial charge in [0, 0.05) is 22.7 Å². The fraction of sp³-hybridized carbons (Fsp3) is 0.280. The molecule has 2 aromatic carbocycles. The van der Waals surface area contributed by atoms with Crippen molar-refractivity contribution in [1.82, 2.24) is 4.98 Å². The number of ether oxygens (including phenoxy) is 1. The standard InChI is InChI=1S/C25H27NO2S/c1-3-5-6-7-9-23-18-26-25(29-23)21-12-10-19(11-13-21)20-14-16-22(17-15-20)28-24(27)8-4-2/h4,8,10-18H,3,5-7,9H2,1-2H3. The molecule has 4 heteroatoms. The van der Waals surface area contributed by atoms with Crippen molar-refractivity contribution in [3.8, 4) is 27.4 Å². The average Bonchev–Trinajstić information content (AvgIpc) is 3.21. The molecule has 3 aromatic rings. The molecule has 0 aliphatic heterocycles. The van der Waals surface area contributed by atoms with Crippen LogP contribution in [0.15, 0.2) is 66.9 Å². The number of thiazole rings is 1. The Morgan fingerprint density at radius 1 is 0.966 bits per heavy atom. The molecule has 0 unspecified atom stereocenters. The van der Waals surface area contributed by atoms with Gasteiger partial charge in [-0.15, -0.1) is 11.3 Å². The van der Waals surface area contributed by atoms with E-state index in [-0.39, 0.29) is 5.97 Å². The molecule has 0 amide bonds. The van der Waals surface area contributed by atoms with Crippen LogP contribution in [0.3, 0.4) is 0 Å². The number of carbonyl (C=O) groups excluding carboxylic acids is 1. The second-order valence-electron chi connectivity index (χ2n) is 6.97. The Balaban J connectivity index is 1.63. The van der Waals surface area contributed by atoms with Crippen LogP contribution in [0, 0.1) is 0 Å². The lowest BCUT2D eigenvalue weighted by atomic mass is 10.0. The SMILES string of the molecule is CC=CC(=O)Oc1ccc(-c2ccc(-c3ncc(CCCCCC)s3)cc2)cc1. The van der Waals surface area contributed by atoms with Crippen LogP contribution in [0.4, 0.5) is 0 Å². The Bertz CT molecular complexity index is 940. The third-order valence-corrected chi connectivity index (χ3v) is 5.78. The van der Waals surface area contributed by atoms with Crippen LogP contribution in [-0.4, -0.2) is 11.0 Å². The first-order chi connectivity index (χ1) is 14.2. The predicted octanol–water partition coefficient (Wildman–Crippen LogP) is 7.08. The maximum atomic E-state index is 11.5. The zero-order valence-electron chi connectivity index (χ0n) is 17.1. The maximum absolute atomic E-state index is 11.5. The summed E-state index contributed by atoms with van der Waals surface area (Å²) in [6.07, 6.45) is 11.3. The Morgan fingerprint density at radius 3 is 2.28 bits per heavy atom. The number of nitrogens with zero attached hydrogens (tertiary/aromatic N) is 1. The lowest BCUT2D eigenvalue weighted by Gasteiger charge is -2.05. The van der Waals surface area contributed by atoms with Gasteiger partial charge in [0.2, 0.25) is 0 Å². The highest BCUT2D eigenvalue weighted by molar-refractivity contribution is 7.15. The highest BCUT2D eigenvalue weighted by atomic mass is 32.1. The molecule has 29 heavy (non-hydrogen) atoms. The minimum absolute atomic E-state index is 0.363. The highest BCUT2D eigenvalue weighted by Crippen LogP contribution is 2.29. The first-order valence-corrected chi connectivity index (χ1v) is 11.0. The molecule has 0 atom stereocenters. The molecule has 0 aliphatic rings. The maximum Gasteiger partial charge on any atom is 0.335 e. The van der Waals surface area contributed by atoms with Crippen LogP contribution < -0.4 is 4.74 Å². The summed E-state index contributed by atoms with van der Waals surface area (Å²) in [6.45, 7) is 4.02. The molecule has 1 aromatic heterocycles. The monoisotopic (exact) mass is 405 g/mol. The molecule has 3 nitrogen and oxygen atoms in total. The smallest absolute Gasteiger partial charge is 0.335 e. The van der Waals surface area contributed by atoms with Crippen molar-refractivity contribution < 1.29 is 9.53 Å². The van der Waals surface area contributed by atoms with E-state index in [1.807, 2.05) is 30.5 Å². The number of hydrogen-bond acceptors (Lipinski definition) is 4. The molecule has 0 fully saturated rings. The predicted molar refractivity (Wildman–Crippen MR) is 121 cm³/mol. The minimum atomic E-state index is -0.363. The first kappa shape index (κ1) is 21.0. The van der Waals surface area contributed by atoms with Crippen LogP contribution >= 0.6 is 11.3 Å². The summed E-state index contributed by atoms with van der Waals surface area (Å²) in [7, 11) is 0. The van der Waals surface area contributed by atoms with Crippen molar-refractivity contribution in [2.45, 2.75) is 46.0 Å². The van der Waals surface area contributed by atoms with Crippen LogP contribution in [-0.2, 0) is 11.2 Å². The number of rotatable bonds is 9. The number of aryl methyl sites for hydroxylation is 1. The summed E-state index contributed by atoms with van der Waals surface area (Å²) >= 11 is 1.79. The molecular formula is C25H27NO2S. The van der Waals surface area contributed by atoms with E-state index in [1.165, 1.54) is 36.6 Å². The van der Waals surface area contributed by atoms with Gasteiger partial charge in [-0.05, 0) is 43.0 Å². The van der Waals surface area contributed by atoms with E-state index in [1.54, 1.807) is 24.3 Å². The number of allylic oxidation sites excluding steroid dienone is 1. The summed E-state index contributed by atoms with van der Waals surface area (Å²) < 4.78 is 5.23. The van der Waals surface area contributed by atoms with Crippen LogP contribution in [0.5, 0.6) is 5.75 Å². The second kappa shape index (κ2) is 10.7. The Labute approximate surface area is 177 Å². The van der Waals surface area contributed by atoms with Crippen molar-refractivity contribution in [2.75, 3.05) is 0 Å². The van der Waals surface area contributed by atoms with Crippen LogP contribution in [0.25, 0.3) is 21.7 Å².